The first-order valence-corrected chi connectivity index (χ1v) is 6.88. The summed E-state index contributed by atoms with van der Waals surface area (Å²) in [5.74, 6) is 1.14. The van der Waals surface area contributed by atoms with Gasteiger partial charge in [0.1, 0.15) is 0 Å². The standard InChI is InChI=1S/C13H22N2O2/c1-9-5-11-6-14-7-12(11)15(9)13(16)10-3-2-4-17-8-10/h9-12,14H,2-8H2,1H3. The number of nitrogens with one attached hydrogen (secondary N) is 1. The molecule has 0 aliphatic carbocycles. The van der Waals surface area contributed by atoms with E-state index in [0.717, 1.165) is 39.0 Å². The summed E-state index contributed by atoms with van der Waals surface area (Å²) >= 11 is 0. The molecule has 4 heteroatoms. The van der Waals surface area contributed by atoms with Gasteiger partial charge >= 0.3 is 0 Å². The Morgan fingerprint density at radius 1 is 1.41 bits per heavy atom. The SMILES string of the molecule is CC1CC2CNCC2N1C(=O)C1CCCOC1. The number of carbonyl (C=O) groups is 1. The summed E-state index contributed by atoms with van der Waals surface area (Å²) in [7, 11) is 0. The maximum absolute atomic E-state index is 12.6. The average Bonchev–Trinajstić information content (AvgIpc) is 2.89. The highest BCUT2D eigenvalue weighted by Gasteiger charge is 2.45. The van der Waals surface area contributed by atoms with Gasteiger partial charge in [-0.3, -0.25) is 4.79 Å². The molecule has 0 saturated carbocycles. The summed E-state index contributed by atoms with van der Waals surface area (Å²) in [4.78, 5) is 14.7. The number of likely N-dealkylation sites (tertiary alicyclic amines) is 1. The lowest BCUT2D eigenvalue weighted by molar-refractivity contribution is -0.142. The Kier molecular flexibility index (Phi) is 3.09. The third kappa shape index (κ3) is 1.97. The van der Waals surface area contributed by atoms with E-state index >= 15 is 0 Å². The normalized spacial score (nSPS) is 41.6. The molecule has 4 nitrogen and oxygen atoms in total. The highest BCUT2D eigenvalue weighted by Crippen LogP contribution is 2.34. The predicted molar refractivity (Wildman–Crippen MR) is 64.6 cm³/mol. The van der Waals surface area contributed by atoms with Crippen LogP contribution in [0, 0.1) is 11.8 Å². The van der Waals surface area contributed by atoms with Gasteiger partial charge in [-0.05, 0) is 32.1 Å². The number of ether oxygens (including phenoxy) is 1. The summed E-state index contributed by atoms with van der Waals surface area (Å²) in [6.07, 6.45) is 3.20. The Balaban J connectivity index is 1.71. The van der Waals surface area contributed by atoms with Crippen LogP contribution in [0.25, 0.3) is 0 Å². The number of rotatable bonds is 1. The fourth-order valence-corrected chi connectivity index (χ4v) is 3.69. The summed E-state index contributed by atoms with van der Waals surface area (Å²) in [6.45, 7) is 5.72. The van der Waals surface area contributed by atoms with E-state index in [1.807, 2.05) is 0 Å². The van der Waals surface area contributed by atoms with Crippen LogP contribution in [0.1, 0.15) is 26.2 Å². The van der Waals surface area contributed by atoms with E-state index in [2.05, 4.69) is 17.1 Å². The molecule has 0 aromatic carbocycles. The van der Waals surface area contributed by atoms with E-state index in [-0.39, 0.29) is 5.92 Å². The maximum Gasteiger partial charge on any atom is 0.228 e. The zero-order valence-electron chi connectivity index (χ0n) is 10.5. The van der Waals surface area contributed by atoms with Crippen molar-refractivity contribution in [1.82, 2.24) is 10.2 Å². The molecule has 0 bridgehead atoms. The lowest BCUT2D eigenvalue weighted by Gasteiger charge is -2.32. The molecule has 1 N–H and O–H groups in total. The van der Waals surface area contributed by atoms with Crippen LogP contribution in [0.15, 0.2) is 0 Å². The molecule has 3 aliphatic heterocycles. The van der Waals surface area contributed by atoms with E-state index in [0.29, 0.717) is 30.5 Å². The van der Waals surface area contributed by atoms with E-state index in [9.17, 15) is 4.79 Å². The Morgan fingerprint density at radius 3 is 3.06 bits per heavy atom. The van der Waals surface area contributed by atoms with Gasteiger partial charge in [0, 0.05) is 31.8 Å². The fourth-order valence-electron chi connectivity index (χ4n) is 3.69. The molecule has 4 unspecified atom stereocenters. The van der Waals surface area contributed by atoms with Crippen molar-refractivity contribution >= 4 is 5.91 Å². The van der Waals surface area contributed by atoms with Crippen LogP contribution in [-0.4, -0.2) is 49.2 Å². The van der Waals surface area contributed by atoms with Gasteiger partial charge in [0.05, 0.1) is 12.5 Å². The number of amides is 1. The number of hydrogen-bond donors (Lipinski definition) is 1. The molecule has 0 aromatic rings. The van der Waals surface area contributed by atoms with Crippen LogP contribution in [0.4, 0.5) is 0 Å². The summed E-state index contributed by atoms with van der Waals surface area (Å²) in [5.41, 5.74) is 0. The fraction of sp³-hybridized carbons (Fsp3) is 0.923. The number of fused-ring (bicyclic) bond motifs is 1. The first-order chi connectivity index (χ1) is 8.27. The van der Waals surface area contributed by atoms with Crippen molar-refractivity contribution in [1.29, 1.82) is 0 Å². The van der Waals surface area contributed by atoms with E-state index in [1.54, 1.807) is 0 Å². The minimum atomic E-state index is 0.116. The largest absolute Gasteiger partial charge is 0.381 e. The van der Waals surface area contributed by atoms with Gasteiger partial charge in [0.15, 0.2) is 0 Å². The molecule has 3 rings (SSSR count). The molecule has 0 aromatic heterocycles. The minimum Gasteiger partial charge on any atom is -0.381 e. The lowest BCUT2D eigenvalue weighted by Crippen LogP contribution is -2.47. The van der Waals surface area contributed by atoms with Crippen molar-refractivity contribution in [3.63, 3.8) is 0 Å². The molecule has 3 heterocycles. The van der Waals surface area contributed by atoms with Gasteiger partial charge in [-0.15, -0.1) is 0 Å². The maximum atomic E-state index is 12.6. The molecule has 0 radical (unpaired) electrons. The first-order valence-electron chi connectivity index (χ1n) is 6.88. The third-order valence-corrected chi connectivity index (χ3v) is 4.54. The highest BCUT2D eigenvalue weighted by atomic mass is 16.5. The van der Waals surface area contributed by atoms with Crippen molar-refractivity contribution in [2.24, 2.45) is 11.8 Å². The minimum absolute atomic E-state index is 0.116. The smallest absolute Gasteiger partial charge is 0.228 e. The van der Waals surface area contributed by atoms with Gasteiger partial charge in [-0.1, -0.05) is 0 Å². The second kappa shape index (κ2) is 4.58. The van der Waals surface area contributed by atoms with Crippen LogP contribution in [-0.2, 0) is 9.53 Å². The Bertz CT molecular complexity index is 302. The Morgan fingerprint density at radius 2 is 2.29 bits per heavy atom. The average molecular weight is 238 g/mol. The molecule has 1 amide bonds. The van der Waals surface area contributed by atoms with Crippen molar-refractivity contribution in [2.75, 3.05) is 26.3 Å². The van der Waals surface area contributed by atoms with Crippen molar-refractivity contribution in [3.8, 4) is 0 Å². The van der Waals surface area contributed by atoms with Crippen LogP contribution >= 0.6 is 0 Å². The topological polar surface area (TPSA) is 41.6 Å². The Labute approximate surface area is 103 Å². The zero-order chi connectivity index (χ0) is 11.8. The van der Waals surface area contributed by atoms with Gasteiger partial charge in [-0.2, -0.15) is 0 Å². The number of nitrogens with zero attached hydrogens (tertiary/aromatic N) is 1. The summed E-state index contributed by atoms with van der Waals surface area (Å²) in [5, 5.41) is 3.41. The molecular formula is C13H22N2O2. The molecular weight excluding hydrogens is 216 g/mol. The molecule has 17 heavy (non-hydrogen) atoms. The second-order valence-corrected chi connectivity index (χ2v) is 5.73. The Hall–Kier alpha value is -0.610. The molecule has 96 valence electrons. The molecule has 3 fully saturated rings. The van der Waals surface area contributed by atoms with E-state index in [4.69, 9.17) is 4.74 Å². The second-order valence-electron chi connectivity index (χ2n) is 5.73. The van der Waals surface area contributed by atoms with E-state index < -0.39 is 0 Å². The molecule has 4 atom stereocenters. The monoisotopic (exact) mass is 238 g/mol. The first kappa shape index (κ1) is 11.5. The van der Waals surface area contributed by atoms with Crippen LogP contribution in [0.2, 0.25) is 0 Å². The number of hydrogen-bond acceptors (Lipinski definition) is 3. The van der Waals surface area contributed by atoms with Gasteiger partial charge < -0.3 is 15.0 Å². The summed E-state index contributed by atoms with van der Waals surface area (Å²) < 4.78 is 5.45. The molecule has 0 spiro atoms. The van der Waals surface area contributed by atoms with Crippen LogP contribution in [0.5, 0.6) is 0 Å². The van der Waals surface area contributed by atoms with E-state index in [1.165, 1.54) is 0 Å². The van der Waals surface area contributed by atoms with Crippen molar-refractivity contribution in [2.45, 2.75) is 38.3 Å². The molecule has 3 aliphatic rings. The molecule has 3 saturated heterocycles. The number of carbonyl (C=O) groups excluding carboxylic acids is 1. The van der Waals surface area contributed by atoms with Gasteiger partial charge in [0.25, 0.3) is 0 Å². The van der Waals surface area contributed by atoms with Crippen LogP contribution in [0.3, 0.4) is 0 Å². The zero-order valence-corrected chi connectivity index (χ0v) is 10.5. The third-order valence-electron chi connectivity index (χ3n) is 4.54. The van der Waals surface area contributed by atoms with Gasteiger partial charge in [0.2, 0.25) is 5.91 Å². The lowest BCUT2D eigenvalue weighted by atomic mass is 9.99. The quantitative estimate of drug-likeness (QED) is 0.728. The van der Waals surface area contributed by atoms with Crippen molar-refractivity contribution < 1.29 is 9.53 Å². The summed E-state index contributed by atoms with van der Waals surface area (Å²) in [6, 6.07) is 0.862. The van der Waals surface area contributed by atoms with Crippen LogP contribution < -0.4 is 5.32 Å². The van der Waals surface area contributed by atoms with Gasteiger partial charge in [-0.25, -0.2) is 0 Å². The van der Waals surface area contributed by atoms with Crippen molar-refractivity contribution in [3.05, 3.63) is 0 Å². The highest BCUT2D eigenvalue weighted by molar-refractivity contribution is 5.80. The predicted octanol–water partition coefficient (Wildman–Crippen LogP) is 0.622.